The van der Waals surface area contributed by atoms with E-state index in [4.69, 9.17) is 18.8 Å². The Morgan fingerprint density at radius 2 is 2.06 bits per heavy atom. The third kappa shape index (κ3) is 3.74. The van der Waals surface area contributed by atoms with Crippen LogP contribution in [0.2, 0.25) is 0 Å². The van der Waals surface area contributed by atoms with Gasteiger partial charge < -0.3 is 14.4 Å². The molecule has 3 fully saturated rings. The van der Waals surface area contributed by atoms with Gasteiger partial charge in [-0.15, -0.1) is 0 Å². The second-order valence-corrected chi connectivity index (χ2v) is 12.0. The van der Waals surface area contributed by atoms with Crippen molar-refractivity contribution in [3.05, 3.63) is 18.3 Å². The number of aromatic nitrogens is 4. The van der Waals surface area contributed by atoms with Crippen LogP contribution >= 0.6 is 11.5 Å². The van der Waals surface area contributed by atoms with Crippen LogP contribution in [-0.4, -0.2) is 65.2 Å². The van der Waals surface area contributed by atoms with Gasteiger partial charge in [-0.2, -0.15) is 9.47 Å². The molecule has 0 spiro atoms. The summed E-state index contributed by atoms with van der Waals surface area (Å²) in [6.45, 7) is 4.63. The van der Waals surface area contributed by atoms with E-state index in [-0.39, 0.29) is 17.5 Å². The molecule has 1 unspecified atom stereocenters. The first-order chi connectivity index (χ1) is 16.0. The Balaban J connectivity index is 1.52. The molecule has 0 aromatic carbocycles. The first kappa shape index (κ1) is 21.5. The summed E-state index contributed by atoms with van der Waals surface area (Å²) in [6, 6.07) is 3.77. The Labute approximate surface area is 196 Å². The monoisotopic (exact) mass is 489 g/mol. The van der Waals surface area contributed by atoms with Gasteiger partial charge in [-0.05, 0) is 56.6 Å². The molecular formula is C22H27N5O4S2. The first-order valence-electron chi connectivity index (χ1n) is 11.6. The minimum atomic E-state index is -3.43. The van der Waals surface area contributed by atoms with E-state index >= 15 is 0 Å². The number of pyridine rings is 1. The maximum absolute atomic E-state index is 13.4. The van der Waals surface area contributed by atoms with Crippen molar-refractivity contribution in [3.63, 3.8) is 0 Å². The third-order valence-electron chi connectivity index (χ3n) is 6.65. The Morgan fingerprint density at radius 3 is 2.82 bits per heavy atom. The number of rotatable bonds is 5. The lowest BCUT2D eigenvalue weighted by Crippen LogP contribution is -2.44. The fraction of sp³-hybridized carbons (Fsp3) is 0.591. The Bertz CT molecular complexity index is 1280. The van der Waals surface area contributed by atoms with Crippen molar-refractivity contribution in [2.24, 2.45) is 0 Å². The Hall–Kier alpha value is -2.08. The van der Waals surface area contributed by atoms with E-state index in [0.717, 1.165) is 25.0 Å². The van der Waals surface area contributed by atoms with E-state index in [9.17, 15) is 8.42 Å². The van der Waals surface area contributed by atoms with Crippen LogP contribution in [0, 0.1) is 0 Å². The van der Waals surface area contributed by atoms with Gasteiger partial charge in [-0.25, -0.2) is 18.1 Å². The minimum absolute atomic E-state index is 0.108. The zero-order valence-corrected chi connectivity index (χ0v) is 20.1. The molecule has 2 atom stereocenters. The smallest absolute Gasteiger partial charge is 0.182 e. The van der Waals surface area contributed by atoms with Gasteiger partial charge in [0.05, 0.1) is 39.8 Å². The molecule has 0 N–H and O–H groups in total. The molecule has 2 saturated heterocycles. The molecule has 0 amide bonds. The molecule has 11 heteroatoms. The average Bonchev–Trinajstić information content (AvgIpc) is 3.45. The van der Waals surface area contributed by atoms with Crippen molar-refractivity contribution in [1.29, 1.82) is 0 Å². The van der Waals surface area contributed by atoms with E-state index in [1.54, 1.807) is 12.3 Å². The van der Waals surface area contributed by atoms with E-state index in [0.29, 0.717) is 65.8 Å². The lowest BCUT2D eigenvalue weighted by molar-refractivity contribution is -0.0383. The predicted octanol–water partition coefficient (Wildman–Crippen LogP) is 3.42. The molecule has 9 nitrogen and oxygen atoms in total. The summed E-state index contributed by atoms with van der Waals surface area (Å²) in [5, 5.41) is 4.22. The number of hydrogen-bond acceptors (Lipinski definition) is 9. The van der Waals surface area contributed by atoms with Crippen molar-refractivity contribution < 1.29 is 17.9 Å². The summed E-state index contributed by atoms with van der Waals surface area (Å²) in [6.07, 6.45) is 6.06. The number of sulfone groups is 1. The zero-order chi connectivity index (χ0) is 22.6. The van der Waals surface area contributed by atoms with Gasteiger partial charge in [-0.1, -0.05) is 0 Å². The van der Waals surface area contributed by atoms with Crippen molar-refractivity contribution >= 4 is 37.4 Å². The molecule has 1 saturated carbocycles. The quantitative estimate of drug-likeness (QED) is 0.538. The highest BCUT2D eigenvalue weighted by molar-refractivity contribution is 7.92. The molecule has 3 aromatic rings. The molecular weight excluding hydrogens is 462 g/mol. The topological polar surface area (TPSA) is 99.4 Å². The van der Waals surface area contributed by atoms with Crippen molar-refractivity contribution in [2.45, 2.75) is 61.4 Å². The molecule has 33 heavy (non-hydrogen) atoms. The highest BCUT2D eigenvalue weighted by Gasteiger charge is 2.39. The van der Waals surface area contributed by atoms with Crippen LogP contribution in [0.5, 0.6) is 0 Å². The number of hydrogen-bond donors (Lipinski definition) is 0. The van der Waals surface area contributed by atoms with Gasteiger partial charge in [0.1, 0.15) is 17.0 Å². The van der Waals surface area contributed by atoms with Crippen molar-refractivity contribution in [1.82, 2.24) is 19.1 Å². The SMILES string of the molecule is C[C@@H]1COCCN1c1cc(S(=O)(=O)C2CC2)c2snc(-c3ccnn3C3CCCCO3)c2n1. The van der Waals surface area contributed by atoms with Crippen LogP contribution in [0.25, 0.3) is 21.6 Å². The number of fused-ring (bicyclic) bond motifs is 1. The Kier molecular flexibility index (Phi) is 5.39. The van der Waals surface area contributed by atoms with Gasteiger partial charge in [0.2, 0.25) is 0 Å². The molecule has 2 aliphatic heterocycles. The number of morpholine rings is 1. The summed E-state index contributed by atoms with van der Waals surface area (Å²) in [5.74, 6) is 0.666. The van der Waals surface area contributed by atoms with Gasteiger partial charge in [0.25, 0.3) is 0 Å². The number of nitrogens with zero attached hydrogens (tertiary/aromatic N) is 5. The molecule has 5 heterocycles. The van der Waals surface area contributed by atoms with Crippen LogP contribution in [0.4, 0.5) is 5.82 Å². The zero-order valence-electron chi connectivity index (χ0n) is 18.5. The van der Waals surface area contributed by atoms with Crippen LogP contribution in [0.3, 0.4) is 0 Å². The van der Waals surface area contributed by atoms with Gasteiger partial charge in [0, 0.05) is 25.4 Å². The molecule has 0 radical (unpaired) electrons. The number of anilines is 1. The summed E-state index contributed by atoms with van der Waals surface area (Å²) in [7, 11) is -3.43. The largest absolute Gasteiger partial charge is 0.377 e. The lowest BCUT2D eigenvalue weighted by Gasteiger charge is -2.34. The van der Waals surface area contributed by atoms with Gasteiger partial charge in [-0.3, -0.25) is 0 Å². The molecule has 176 valence electrons. The summed E-state index contributed by atoms with van der Waals surface area (Å²) < 4.78 is 45.6. The second-order valence-electron chi connectivity index (χ2n) is 9.03. The number of ether oxygens (including phenoxy) is 2. The molecule has 6 rings (SSSR count). The predicted molar refractivity (Wildman–Crippen MR) is 125 cm³/mol. The lowest BCUT2D eigenvalue weighted by atomic mass is 10.2. The van der Waals surface area contributed by atoms with Gasteiger partial charge in [0.15, 0.2) is 16.1 Å². The summed E-state index contributed by atoms with van der Waals surface area (Å²) in [4.78, 5) is 7.47. The Morgan fingerprint density at radius 1 is 1.18 bits per heavy atom. The van der Waals surface area contributed by atoms with Gasteiger partial charge >= 0.3 is 0 Å². The van der Waals surface area contributed by atoms with Crippen LogP contribution in [0.1, 0.15) is 45.3 Å². The van der Waals surface area contributed by atoms with E-state index in [1.807, 2.05) is 10.7 Å². The van der Waals surface area contributed by atoms with Crippen molar-refractivity contribution in [2.75, 3.05) is 31.3 Å². The molecule has 3 aliphatic rings. The second kappa shape index (κ2) is 8.30. The average molecular weight is 490 g/mol. The standard InChI is InChI=1S/C22H27N5O4S2/c1-14-13-30-11-9-26(14)18-12-17(33(28,29)15-5-6-15)22-21(24-18)20(25-32-22)16-7-8-23-27(16)19-4-2-3-10-31-19/h7-8,12,14-15,19H,2-6,9-11,13H2,1H3/t14-,19?/m1/s1. The summed E-state index contributed by atoms with van der Waals surface area (Å²) >= 11 is 1.21. The third-order valence-corrected chi connectivity index (χ3v) is 9.93. The summed E-state index contributed by atoms with van der Waals surface area (Å²) in [5.41, 5.74) is 2.09. The maximum atomic E-state index is 13.4. The van der Waals surface area contributed by atoms with E-state index < -0.39 is 9.84 Å². The highest BCUT2D eigenvalue weighted by Crippen LogP contribution is 2.42. The first-order valence-corrected chi connectivity index (χ1v) is 13.9. The fourth-order valence-corrected chi connectivity index (χ4v) is 7.62. The molecule has 0 bridgehead atoms. The highest BCUT2D eigenvalue weighted by atomic mass is 32.2. The van der Waals surface area contributed by atoms with Crippen LogP contribution in [-0.2, 0) is 19.3 Å². The maximum Gasteiger partial charge on any atom is 0.182 e. The van der Waals surface area contributed by atoms with E-state index in [2.05, 4.69) is 16.9 Å². The van der Waals surface area contributed by atoms with Crippen LogP contribution in [0.15, 0.2) is 23.2 Å². The minimum Gasteiger partial charge on any atom is -0.377 e. The molecule has 1 aliphatic carbocycles. The fourth-order valence-electron chi connectivity index (χ4n) is 4.68. The van der Waals surface area contributed by atoms with E-state index in [1.165, 1.54) is 11.5 Å². The normalized spacial score (nSPS) is 24.5. The van der Waals surface area contributed by atoms with Crippen molar-refractivity contribution in [3.8, 4) is 11.4 Å². The van der Waals surface area contributed by atoms with Crippen LogP contribution < -0.4 is 4.90 Å². The molecule has 3 aromatic heterocycles.